The lowest BCUT2D eigenvalue weighted by Crippen LogP contribution is -2.30. The van der Waals surface area contributed by atoms with Crippen molar-refractivity contribution in [3.63, 3.8) is 0 Å². The van der Waals surface area contributed by atoms with Gasteiger partial charge in [-0.3, -0.25) is 14.4 Å². The molecule has 216 valence electrons. The summed E-state index contributed by atoms with van der Waals surface area (Å²) >= 11 is 2.82. The minimum atomic E-state index is -0.510. The highest BCUT2D eigenvalue weighted by Crippen LogP contribution is 2.31. The van der Waals surface area contributed by atoms with Gasteiger partial charge in [0.2, 0.25) is 5.91 Å². The maximum atomic E-state index is 13.1. The summed E-state index contributed by atoms with van der Waals surface area (Å²) in [6, 6.07) is 27.2. The molecular formula is C33H28N4O4S2. The summed E-state index contributed by atoms with van der Waals surface area (Å²) in [6.45, 7) is 4.03. The number of aryl methyl sites for hydroxylation is 2. The van der Waals surface area contributed by atoms with Crippen LogP contribution in [-0.2, 0) is 9.59 Å². The van der Waals surface area contributed by atoms with Gasteiger partial charge in [-0.25, -0.2) is 4.98 Å². The van der Waals surface area contributed by atoms with Crippen molar-refractivity contribution in [2.45, 2.75) is 18.7 Å². The Bertz CT molecular complexity index is 1750. The van der Waals surface area contributed by atoms with Crippen LogP contribution >= 0.6 is 23.1 Å². The van der Waals surface area contributed by atoms with Crippen LogP contribution in [0.15, 0.2) is 112 Å². The SMILES string of the molecule is Cc1ccc(-c2nc(NC(=O)CSc3ccc(NC(=O)/C(=C/c4ccco4)NC(=O)c4ccccc4)cc3)sc2C)cc1. The quantitative estimate of drug-likeness (QED) is 0.115. The van der Waals surface area contributed by atoms with Crippen LogP contribution in [0.3, 0.4) is 0 Å². The molecule has 0 bridgehead atoms. The van der Waals surface area contributed by atoms with Gasteiger partial charge >= 0.3 is 0 Å². The molecule has 10 heteroatoms. The zero-order valence-corrected chi connectivity index (χ0v) is 25.1. The van der Waals surface area contributed by atoms with Gasteiger partial charge in [-0.1, -0.05) is 48.0 Å². The standard InChI is InChI=1S/C33H28N4O4S2/c1-21-10-12-23(13-11-21)30-22(2)43-33(37-30)36-29(38)20-42-27-16-14-25(15-17-27)34-32(40)28(19-26-9-6-18-41-26)35-31(39)24-7-4-3-5-8-24/h3-19H,20H2,1-2H3,(H,34,40)(H,35,39)(H,36,37,38)/b28-19-. The number of thioether (sulfide) groups is 1. The first kappa shape index (κ1) is 29.6. The molecule has 3 aromatic carbocycles. The zero-order valence-electron chi connectivity index (χ0n) is 23.4. The molecule has 0 aliphatic carbocycles. The summed E-state index contributed by atoms with van der Waals surface area (Å²) in [6.07, 6.45) is 2.95. The Hall–Kier alpha value is -4.93. The molecule has 0 spiro atoms. The zero-order chi connectivity index (χ0) is 30.2. The Morgan fingerprint density at radius 1 is 0.884 bits per heavy atom. The van der Waals surface area contributed by atoms with Crippen LogP contribution in [0.25, 0.3) is 17.3 Å². The molecule has 0 unspecified atom stereocenters. The molecule has 3 amide bonds. The van der Waals surface area contributed by atoms with E-state index in [0.29, 0.717) is 22.1 Å². The number of nitrogens with one attached hydrogen (secondary N) is 3. The van der Waals surface area contributed by atoms with Gasteiger partial charge in [-0.05, 0) is 62.4 Å². The van der Waals surface area contributed by atoms with Crippen molar-refractivity contribution in [1.82, 2.24) is 10.3 Å². The highest BCUT2D eigenvalue weighted by molar-refractivity contribution is 8.00. The molecule has 0 aliphatic rings. The largest absolute Gasteiger partial charge is 0.465 e. The molecule has 5 rings (SSSR count). The molecule has 0 aliphatic heterocycles. The third-order valence-corrected chi connectivity index (χ3v) is 8.11. The summed E-state index contributed by atoms with van der Waals surface area (Å²) in [5.74, 6) is -0.468. The lowest BCUT2D eigenvalue weighted by Gasteiger charge is -2.11. The molecule has 0 saturated carbocycles. The molecule has 0 atom stereocenters. The van der Waals surface area contributed by atoms with Gasteiger partial charge in [0.1, 0.15) is 11.5 Å². The van der Waals surface area contributed by atoms with Crippen molar-refractivity contribution >= 4 is 57.7 Å². The summed E-state index contributed by atoms with van der Waals surface area (Å²) in [4.78, 5) is 45.0. The number of furan rings is 1. The van der Waals surface area contributed by atoms with Crippen molar-refractivity contribution in [2.24, 2.45) is 0 Å². The second-order valence-electron chi connectivity index (χ2n) is 9.50. The van der Waals surface area contributed by atoms with Gasteiger partial charge in [0, 0.05) is 32.7 Å². The fourth-order valence-electron chi connectivity index (χ4n) is 4.02. The Labute approximate surface area is 257 Å². The first-order valence-electron chi connectivity index (χ1n) is 13.3. The average molecular weight is 609 g/mol. The highest BCUT2D eigenvalue weighted by atomic mass is 32.2. The Morgan fingerprint density at radius 3 is 2.33 bits per heavy atom. The predicted molar refractivity (Wildman–Crippen MR) is 172 cm³/mol. The number of hydrogen-bond donors (Lipinski definition) is 3. The first-order valence-corrected chi connectivity index (χ1v) is 15.1. The van der Waals surface area contributed by atoms with E-state index in [4.69, 9.17) is 4.42 Å². The minimum Gasteiger partial charge on any atom is -0.465 e. The molecule has 0 fully saturated rings. The average Bonchev–Trinajstić information content (AvgIpc) is 3.66. The number of nitrogens with zero attached hydrogens (tertiary/aromatic N) is 1. The number of benzene rings is 3. The summed E-state index contributed by atoms with van der Waals surface area (Å²) < 4.78 is 5.34. The van der Waals surface area contributed by atoms with E-state index in [9.17, 15) is 14.4 Å². The van der Waals surface area contributed by atoms with Gasteiger partial charge in [-0.2, -0.15) is 0 Å². The lowest BCUT2D eigenvalue weighted by molar-refractivity contribution is -0.114. The molecule has 43 heavy (non-hydrogen) atoms. The van der Waals surface area contributed by atoms with E-state index in [1.807, 2.05) is 50.2 Å². The van der Waals surface area contributed by atoms with Gasteiger partial charge in [0.25, 0.3) is 11.8 Å². The third-order valence-electron chi connectivity index (χ3n) is 6.21. The van der Waals surface area contributed by atoms with Crippen LogP contribution in [0.2, 0.25) is 0 Å². The third kappa shape index (κ3) is 8.09. The molecular weight excluding hydrogens is 581 g/mol. The number of rotatable bonds is 10. The van der Waals surface area contributed by atoms with Gasteiger partial charge < -0.3 is 20.4 Å². The summed E-state index contributed by atoms with van der Waals surface area (Å²) in [5.41, 5.74) is 4.04. The summed E-state index contributed by atoms with van der Waals surface area (Å²) in [7, 11) is 0. The number of hydrogen-bond acceptors (Lipinski definition) is 7. The Morgan fingerprint density at radius 2 is 1.63 bits per heavy atom. The number of thiazole rings is 1. The van der Waals surface area contributed by atoms with E-state index < -0.39 is 11.8 Å². The van der Waals surface area contributed by atoms with Crippen molar-refractivity contribution in [3.8, 4) is 11.3 Å². The van der Waals surface area contributed by atoms with E-state index in [2.05, 4.69) is 20.9 Å². The summed E-state index contributed by atoms with van der Waals surface area (Å²) in [5, 5.41) is 8.93. The van der Waals surface area contributed by atoms with Crippen LogP contribution in [0.1, 0.15) is 26.6 Å². The number of carbonyl (C=O) groups excluding carboxylic acids is 3. The van der Waals surface area contributed by atoms with Crippen LogP contribution in [0.4, 0.5) is 10.8 Å². The smallest absolute Gasteiger partial charge is 0.272 e. The lowest BCUT2D eigenvalue weighted by atomic mass is 10.1. The predicted octanol–water partition coefficient (Wildman–Crippen LogP) is 7.16. The Kier molecular flexibility index (Phi) is 9.50. The van der Waals surface area contributed by atoms with E-state index >= 15 is 0 Å². The normalized spacial score (nSPS) is 11.2. The highest BCUT2D eigenvalue weighted by Gasteiger charge is 2.16. The maximum Gasteiger partial charge on any atom is 0.272 e. The second kappa shape index (κ2) is 13.8. The molecule has 8 nitrogen and oxygen atoms in total. The van der Waals surface area contributed by atoms with E-state index in [1.165, 1.54) is 41.0 Å². The number of anilines is 2. The van der Waals surface area contributed by atoms with Crippen LogP contribution in [-0.4, -0.2) is 28.5 Å². The molecule has 0 saturated heterocycles. The van der Waals surface area contributed by atoms with E-state index in [1.54, 1.807) is 54.6 Å². The van der Waals surface area contributed by atoms with Gasteiger partial charge in [0.05, 0.1) is 17.7 Å². The van der Waals surface area contributed by atoms with E-state index in [0.717, 1.165) is 21.0 Å². The fraction of sp³-hybridized carbons (Fsp3) is 0.0909. The van der Waals surface area contributed by atoms with Crippen LogP contribution < -0.4 is 16.0 Å². The fourth-order valence-corrected chi connectivity index (χ4v) is 5.57. The molecule has 2 aromatic heterocycles. The molecule has 2 heterocycles. The van der Waals surface area contributed by atoms with Crippen molar-refractivity contribution < 1.29 is 18.8 Å². The van der Waals surface area contributed by atoms with Crippen LogP contribution in [0.5, 0.6) is 0 Å². The number of aromatic nitrogens is 1. The molecule has 3 N–H and O–H groups in total. The molecule has 0 radical (unpaired) electrons. The van der Waals surface area contributed by atoms with Gasteiger partial charge in [0.15, 0.2) is 5.13 Å². The van der Waals surface area contributed by atoms with Crippen LogP contribution in [0, 0.1) is 13.8 Å². The monoisotopic (exact) mass is 608 g/mol. The van der Waals surface area contributed by atoms with Crippen molar-refractivity contribution in [1.29, 1.82) is 0 Å². The van der Waals surface area contributed by atoms with E-state index in [-0.39, 0.29) is 17.4 Å². The molecule has 5 aromatic rings. The maximum absolute atomic E-state index is 13.1. The minimum absolute atomic E-state index is 0.0295. The van der Waals surface area contributed by atoms with Crippen molar-refractivity contribution in [3.05, 3.63) is 125 Å². The number of amides is 3. The van der Waals surface area contributed by atoms with Gasteiger partial charge in [-0.15, -0.1) is 23.1 Å². The number of carbonyl (C=O) groups is 3. The second-order valence-corrected chi connectivity index (χ2v) is 11.8. The topological polar surface area (TPSA) is 113 Å². The Balaban J connectivity index is 1.17. The first-order chi connectivity index (χ1) is 20.8. The van der Waals surface area contributed by atoms with Crippen molar-refractivity contribution in [2.75, 3.05) is 16.4 Å².